The molecule has 0 bridgehead atoms. The highest BCUT2D eigenvalue weighted by Gasteiger charge is 2.17. The van der Waals surface area contributed by atoms with Crippen molar-refractivity contribution in [2.45, 2.75) is 0 Å². The molecular formula is C37H24N2O. The topological polar surface area (TPSA) is 26.9 Å². The molecule has 6 aromatic carbocycles. The predicted molar refractivity (Wildman–Crippen MR) is 165 cm³/mol. The van der Waals surface area contributed by atoms with Gasteiger partial charge in [-0.05, 0) is 65.4 Å². The Hall–Kier alpha value is -5.41. The predicted octanol–water partition coefficient (Wildman–Crippen LogP) is 9.11. The van der Waals surface area contributed by atoms with Crippen LogP contribution >= 0.6 is 0 Å². The van der Waals surface area contributed by atoms with Gasteiger partial charge in [0, 0.05) is 44.9 Å². The molecule has 0 fully saturated rings. The molecule has 0 aliphatic carbocycles. The summed E-state index contributed by atoms with van der Waals surface area (Å²) in [5, 5.41) is 5.74. The van der Waals surface area contributed by atoms with Crippen molar-refractivity contribution in [3.05, 3.63) is 157 Å². The van der Waals surface area contributed by atoms with E-state index in [-0.39, 0.29) is 5.78 Å². The first-order chi connectivity index (χ1) is 19.7. The van der Waals surface area contributed by atoms with Crippen LogP contribution in [0.3, 0.4) is 0 Å². The Balaban J connectivity index is 1.31. The van der Waals surface area contributed by atoms with Crippen LogP contribution < -0.4 is 0 Å². The van der Waals surface area contributed by atoms with Gasteiger partial charge in [0.2, 0.25) is 0 Å². The van der Waals surface area contributed by atoms with E-state index in [2.05, 4.69) is 94.2 Å². The van der Waals surface area contributed by atoms with Gasteiger partial charge >= 0.3 is 0 Å². The summed E-state index contributed by atoms with van der Waals surface area (Å²) in [4.78, 5) is 13.6. The number of fused-ring (bicyclic) bond motifs is 5. The fourth-order valence-corrected chi connectivity index (χ4v) is 5.97. The summed E-state index contributed by atoms with van der Waals surface area (Å²) in [5.74, 6) is 0.0238. The lowest BCUT2D eigenvalue weighted by Gasteiger charge is -2.11. The highest BCUT2D eigenvalue weighted by molar-refractivity contribution is 6.14. The molecule has 0 radical (unpaired) electrons. The van der Waals surface area contributed by atoms with Gasteiger partial charge in [-0.1, -0.05) is 84.9 Å². The molecule has 188 valence electrons. The van der Waals surface area contributed by atoms with Crippen LogP contribution in [0.2, 0.25) is 0 Å². The van der Waals surface area contributed by atoms with Gasteiger partial charge in [-0.25, -0.2) is 0 Å². The number of hydrogen-bond donors (Lipinski definition) is 0. The molecule has 3 heteroatoms. The second-order valence-electron chi connectivity index (χ2n) is 10.2. The van der Waals surface area contributed by atoms with Gasteiger partial charge in [0.05, 0.1) is 16.6 Å². The maximum Gasteiger partial charge on any atom is 0.193 e. The van der Waals surface area contributed by atoms with E-state index >= 15 is 0 Å². The molecule has 0 N–H and O–H groups in total. The van der Waals surface area contributed by atoms with Crippen molar-refractivity contribution >= 4 is 49.3 Å². The summed E-state index contributed by atoms with van der Waals surface area (Å²) in [5.41, 5.74) is 6.89. The first-order valence-electron chi connectivity index (χ1n) is 13.5. The van der Waals surface area contributed by atoms with E-state index in [1.807, 2.05) is 60.7 Å². The van der Waals surface area contributed by atoms with Crippen molar-refractivity contribution in [2.24, 2.45) is 0 Å². The first kappa shape index (κ1) is 22.6. The van der Waals surface area contributed by atoms with Crippen LogP contribution in [-0.2, 0) is 0 Å². The zero-order valence-corrected chi connectivity index (χ0v) is 21.7. The Morgan fingerprint density at radius 2 is 1.20 bits per heavy atom. The normalized spacial score (nSPS) is 11.6. The first-order valence-corrected chi connectivity index (χ1v) is 13.5. The van der Waals surface area contributed by atoms with E-state index < -0.39 is 0 Å². The van der Waals surface area contributed by atoms with Gasteiger partial charge in [0.25, 0.3) is 0 Å². The molecule has 0 aliphatic heterocycles. The standard InChI is InChI=1S/C37H24N2O/c40-37(29-18-17-25-9-4-5-10-26(25)21-29)28-11-8-14-31(22-28)39-34-16-7-6-15-32(34)33-24-35-27(23-36(33)39)19-20-38(35)30-12-2-1-3-13-30/h1-24H. The third-order valence-electron chi connectivity index (χ3n) is 7.90. The Morgan fingerprint density at radius 3 is 2.10 bits per heavy atom. The third-order valence-corrected chi connectivity index (χ3v) is 7.90. The maximum atomic E-state index is 13.6. The van der Waals surface area contributed by atoms with Gasteiger partial charge in [0.1, 0.15) is 0 Å². The zero-order chi connectivity index (χ0) is 26.6. The van der Waals surface area contributed by atoms with Crippen molar-refractivity contribution in [3.8, 4) is 11.4 Å². The summed E-state index contributed by atoms with van der Waals surface area (Å²) in [7, 11) is 0. The summed E-state index contributed by atoms with van der Waals surface area (Å²) >= 11 is 0. The molecule has 0 atom stereocenters. The molecule has 2 heterocycles. The van der Waals surface area contributed by atoms with Crippen LogP contribution in [0.5, 0.6) is 0 Å². The average molecular weight is 513 g/mol. The van der Waals surface area contributed by atoms with Gasteiger partial charge < -0.3 is 9.13 Å². The van der Waals surface area contributed by atoms with Crippen molar-refractivity contribution in [1.82, 2.24) is 9.13 Å². The Kier molecular flexibility index (Phi) is 4.98. The molecule has 0 unspecified atom stereocenters. The number of carbonyl (C=O) groups is 1. The number of hydrogen-bond acceptors (Lipinski definition) is 1. The maximum absolute atomic E-state index is 13.6. The molecular weight excluding hydrogens is 488 g/mol. The van der Waals surface area contributed by atoms with Gasteiger partial charge in [0.15, 0.2) is 5.78 Å². The van der Waals surface area contributed by atoms with Crippen molar-refractivity contribution in [2.75, 3.05) is 0 Å². The zero-order valence-electron chi connectivity index (χ0n) is 21.7. The van der Waals surface area contributed by atoms with Crippen LogP contribution in [0.25, 0.3) is 54.9 Å². The number of ketones is 1. The summed E-state index contributed by atoms with van der Waals surface area (Å²) in [6.45, 7) is 0. The van der Waals surface area contributed by atoms with E-state index in [0.29, 0.717) is 11.1 Å². The van der Waals surface area contributed by atoms with Crippen molar-refractivity contribution < 1.29 is 4.79 Å². The van der Waals surface area contributed by atoms with Gasteiger partial charge in [-0.3, -0.25) is 4.79 Å². The molecule has 0 saturated carbocycles. The number of nitrogens with zero attached hydrogens (tertiary/aromatic N) is 2. The molecule has 8 aromatic rings. The van der Waals surface area contributed by atoms with Crippen LogP contribution in [0.4, 0.5) is 0 Å². The van der Waals surface area contributed by atoms with Crippen LogP contribution in [0.1, 0.15) is 15.9 Å². The third kappa shape index (κ3) is 3.49. The second kappa shape index (κ2) is 8.82. The fraction of sp³-hybridized carbons (Fsp3) is 0. The Labute approximate surface area is 231 Å². The van der Waals surface area contributed by atoms with Crippen molar-refractivity contribution in [1.29, 1.82) is 0 Å². The lowest BCUT2D eigenvalue weighted by Crippen LogP contribution is -2.03. The molecule has 0 spiro atoms. The monoisotopic (exact) mass is 512 g/mol. The minimum atomic E-state index is 0.0238. The van der Waals surface area contributed by atoms with E-state index in [4.69, 9.17) is 0 Å². The lowest BCUT2D eigenvalue weighted by atomic mass is 9.99. The summed E-state index contributed by atoms with van der Waals surface area (Å²) in [6.07, 6.45) is 2.13. The highest BCUT2D eigenvalue weighted by atomic mass is 16.1. The Morgan fingerprint density at radius 1 is 0.450 bits per heavy atom. The molecule has 0 aliphatic rings. The average Bonchev–Trinajstić information content (AvgIpc) is 3.58. The quantitative estimate of drug-likeness (QED) is 0.216. The molecule has 0 saturated heterocycles. The van der Waals surface area contributed by atoms with Crippen LogP contribution in [-0.4, -0.2) is 14.9 Å². The van der Waals surface area contributed by atoms with E-state index in [0.717, 1.165) is 33.2 Å². The number of aromatic nitrogens is 2. The van der Waals surface area contributed by atoms with Gasteiger partial charge in [-0.2, -0.15) is 0 Å². The molecule has 40 heavy (non-hydrogen) atoms. The van der Waals surface area contributed by atoms with Crippen LogP contribution in [0.15, 0.2) is 146 Å². The lowest BCUT2D eigenvalue weighted by molar-refractivity contribution is 0.103. The summed E-state index contributed by atoms with van der Waals surface area (Å²) in [6, 6.07) is 47.7. The number of benzene rings is 6. The smallest absolute Gasteiger partial charge is 0.193 e. The largest absolute Gasteiger partial charge is 0.317 e. The molecule has 0 amide bonds. The minimum Gasteiger partial charge on any atom is -0.317 e. The minimum absolute atomic E-state index is 0.0238. The van der Waals surface area contributed by atoms with Gasteiger partial charge in [-0.15, -0.1) is 0 Å². The van der Waals surface area contributed by atoms with E-state index in [1.165, 1.54) is 21.7 Å². The van der Waals surface area contributed by atoms with E-state index in [9.17, 15) is 4.79 Å². The SMILES string of the molecule is O=C(c1cccc(-n2c3ccccc3c3cc4c(ccn4-c4ccccc4)cc32)c1)c1ccc2ccccc2c1. The Bertz CT molecular complexity index is 2230. The van der Waals surface area contributed by atoms with E-state index in [1.54, 1.807) is 0 Å². The second-order valence-corrected chi connectivity index (χ2v) is 10.2. The summed E-state index contributed by atoms with van der Waals surface area (Å²) < 4.78 is 4.52. The molecule has 3 nitrogen and oxygen atoms in total. The number of para-hydroxylation sites is 2. The molecule has 2 aromatic heterocycles. The number of carbonyl (C=O) groups excluding carboxylic acids is 1. The van der Waals surface area contributed by atoms with Crippen LogP contribution in [0, 0.1) is 0 Å². The number of rotatable bonds is 4. The molecule has 8 rings (SSSR count). The highest BCUT2D eigenvalue weighted by Crippen LogP contribution is 2.36. The fourth-order valence-electron chi connectivity index (χ4n) is 5.97. The van der Waals surface area contributed by atoms with Crippen molar-refractivity contribution in [3.63, 3.8) is 0 Å².